The van der Waals surface area contributed by atoms with E-state index in [1.54, 1.807) is 0 Å². The maximum absolute atomic E-state index is 13.9. The molecule has 0 saturated heterocycles. The molecule has 1 unspecified atom stereocenters. The minimum absolute atomic E-state index is 0.00758. The first-order chi connectivity index (χ1) is 13.9. The molecule has 0 aliphatic carbocycles. The molecular formula is C15H12F13O4-. The quantitative estimate of drug-likeness (QED) is 0.257. The number of hydrogen-bond donors (Lipinski definition) is 0. The lowest BCUT2D eigenvalue weighted by molar-refractivity contribution is -0.440. The van der Waals surface area contributed by atoms with Crippen molar-refractivity contribution in [3.8, 4) is 0 Å². The molecule has 0 spiro atoms. The van der Waals surface area contributed by atoms with Gasteiger partial charge in [0.1, 0.15) is 6.10 Å². The molecule has 0 amide bonds. The standard InChI is InChI=1S/C15H13F13O4/c1-6(2)7(32-9(31)4-3-8(29)30)5-10(16,17)11(18,19)12(20,21)13(22,23)14(24,25)15(26,27)28/h3-4,6-7H,5H2,1-2H3,(H,29,30)/p-1. The van der Waals surface area contributed by atoms with Crippen molar-refractivity contribution in [3.05, 3.63) is 12.2 Å². The fourth-order valence-electron chi connectivity index (χ4n) is 1.92. The Morgan fingerprint density at radius 1 is 0.750 bits per heavy atom. The molecule has 0 aliphatic heterocycles. The van der Waals surface area contributed by atoms with Crippen molar-refractivity contribution < 1.29 is 76.5 Å². The highest BCUT2D eigenvalue weighted by molar-refractivity contribution is 5.89. The molecule has 0 radical (unpaired) electrons. The number of aliphatic carboxylic acids is 1. The van der Waals surface area contributed by atoms with Crippen molar-refractivity contribution >= 4 is 11.9 Å². The molecule has 0 N–H and O–H groups in total. The van der Waals surface area contributed by atoms with Crippen LogP contribution >= 0.6 is 0 Å². The lowest BCUT2D eigenvalue weighted by Crippen LogP contribution is -2.70. The Balaban J connectivity index is 6.14. The van der Waals surface area contributed by atoms with E-state index in [1.807, 2.05) is 0 Å². The second-order valence-corrected chi connectivity index (χ2v) is 6.58. The SMILES string of the molecule is CC(C)C(CC(F)(F)C(F)(F)C(F)(F)C(F)(F)C(F)(F)C(F)(F)F)OC(=O)C=CC(=O)[O-]. The topological polar surface area (TPSA) is 66.4 Å². The molecule has 0 aromatic carbocycles. The van der Waals surface area contributed by atoms with Gasteiger partial charge in [-0.25, -0.2) is 4.79 Å². The van der Waals surface area contributed by atoms with E-state index < -0.39 is 66.2 Å². The van der Waals surface area contributed by atoms with Gasteiger partial charge in [0.05, 0.1) is 12.4 Å². The van der Waals surface area contributed by atoms with E-state index >= 15 is 0 Å². The Kier molecular flexibility index (Phi) is 8.33. The molecule has 188 valence electrons. The Labute approximate surface area is 170 Å². The Bertz CT molecular complexity index is 725. The minimum Gasteiger partial charge on any atom is -0.545 e. The van der Waals surface area contributed by atoms with Crippen LogP contribution in [0.5, 0.6) is 0 Å². The molecule has 0 fully saturated rings. The number of rotatable bonds is 10. The molecule has 17 heteroatoms. The van der Waals surface area contributed by atoms with Gasteiger partial charge in [0, 0.05) is 6.08 Å². The van der Waals surface area contributed by atoms with Crippen molar-refractivity contribution in [2.75, 3.05) is 0 Å². The van der Waals surface area contributed by atoms with E-state index in [0.29, 0.717) is 0 Å². The second kappa shape index (κ2) is 8.96. The molecule has 0 heterocycles. The van der Waals surface area contributed by atoms with Crippen molar-refractivity contribution in [2.45, 2.75) is 62.2 Å². The zero-order valence-corrected chi connectivity index (χ0v) is 15.6. The zero-order chi connectivity index (χ0) is 26.1. The van der Waals surface area contributed by atoms with Gasteiger partial charge in [-0.15, -0.1) is 0 Å². The molecule has 0 rings (SSSR count). The fraction of sp³-hybridized carbons (Fsp3) is 0.733. The Morgan fingerprint density at radius 3 is 1.50 bits per heavy atom. The first-order valence-corrected chi connectivity index (χ1v) is 7.92. The Hall–Kier alpha value is -2.23. The van der Waals surface area contributed by atoms with Gasteiger partial charge < -0.3 is 14.6 Å². The summed E-state index contributed by atoms with van der Waals surface area (Å²) in [5.74, 6) is -43.1. The number of esters is 1. The third-order valence-corrected chi connectivity index (χ3v) is 3.82. The predicted octanol–water partition coefficient (Wildman–Crippen LogP) is 3.99. The van der Waals surface area contributed by atoms with Crippen LogP contribution in [0.2, 0.25) is 0 Å². The molecule has 0 aliphatic rings. The molecule has 0 bridgehead atoms. The Morgan fingerprint density at radius 2 is 1.16 bits per heavy atom. The van der Waals surface area contributed by atoms with Crippen LogP contribution in [0.3, 0.4) is 0 Å². The van der Waals surface area contributed by atoms with E-state index in [4.69, 9.17) is 0 Å². The first kappa shape index (κ1) is 29.8. The largest absolute Gasteiger partial charge is 0.545 e. The normalized spacial score (nSPS) is 15.9. The van der Waals surface area contributed by atoms with E-state index in [2.05, 4.69) is 4.74 Å². The number of carboxylic acids is 1. The van der Waals surface area contributed by atoms with Gasteiger partial charge in [0.15, 0.2) is 0 Å². The summed E-state index contributed by atoms with van der Waals surface area (Å²) in [6.07, 6.45) is -12.8. The maximum Gasteiger partial charge on any atom is 0.460 e. The monoisotopic (exact) mass is 503 g/mol. The van der Waals surface area contributed by atoms with Gasteiger partial charge in [0.25, 0.3) is 0 Å². The highest BCUT2D eigenvalue weighted by Crippen LogP contribution is 2.60. The number of carbonyl (C=O) groups excluding carboxylic acids is 2. The summed E-state index contributed by atoms with van der Waals surface area (Å²) >= 11 is 0. The summed E-state index contributed by atoms with van der Waals surface area (Å²) in [5, 5.41) is 10.1. The van der Waals surface area contributed by atoms with Crippen LogP contribution in [-0.2, 0) is 14.3 Å². The van der Waals surface area contributed by atoms with Crippen LogP contribution in [-0.4, -0.2) is 53.8 Å². The van der Waals surface area contributed by atoms with Crippen LogP contribution in [0.1, 0.15) is 20.3 Å². The van der Waals surface area contributed by atoms with E-state index in [9.17, 15) is 71.8 Å². The molecule has 32 heavy (non-hydrogen) atoms. The number of hydrogen-bond acceptors (Lipinski definition) is 4. The van der Waals surface area contributed by atoms with Gasteiger partial charge in [-0.3, -0.25) is 0 Å². The van der Waals surface area contributed by atoms with E-state index in [0.717, 1.165) is 13.8 Å². The molecule has 0 aromatic rings. The number of carbonyl (C=O) groups is 2. The number of alkyl halides is 13. The van der Waals surface area contributed by atoms with Crippen LogP contribution < -0.4 is 5.11 Å². The number of halogens is 13. The van der Waals surface area contributed by atoms with Gasteiger partial charge in [-0.1, -0.05) is 13.8 Å². The zero-order valence-electron chi connectivity index (χ0n) is 15.6. The highest BCUT2D eigenvalue weighted by atomic mass is 19.4. The second-order valence-electron chi connectivity index (χ2n) is 6.58. The molecule has 0 saturated carbocycles. The van der Waals surface area contributed by atoms with Gasteiger partial charge in [-0.05, 0) is 12.0 Å². The molecular weight excluding hydrogens is 491 g/mol. The summed E-state index contributed by atoms with van der Waals surface area (Å²) < 4.78 is 174. The number of carboxylic acid groups (broad SMARTS) is 1. The van der Waals surface area contributed by atoms with Crippen molar-refractivity contribution in [3.63, 3.8) is 0 Å². The van der Waals surface area contributed by atoms with Gasteiger partial charge in [-0.2, -0.15) is 57.1 Å². The third kappa shape index (κ3) is 5.39. The van der Waals surface area contributed by atoms with Crippen molar-refractivity contribution in [1.29, 1.82) is 0 Å². The fourth-order valence-corrected chi connectivity index (χ4v) is 1.92. The van der Waals surface area contributed by atoms with Crippen molar-refractivity contribution in [2.24, 2.45) is 5.92 Å². The van der Waals surface area contributed by atoms with Gasteiger partial charge >= 0.3 is 41.8 Å². The smallest absolute Gasteiger partial charge is 0.460 e. The predicted molar refractivity (Wildman–Crippen MR) is 74.3 cm³/mol. The van der Waals surface area contributed by atoms with Crippen LogP contribution in [0.15, 0.2) is 12.2 Å². The van der Waals surface area contributed by atoms with E-state index in [-0.39, 0.29) is 12.2 Å². The molecule has 1 atom stereocenters. The highest BCUT2D eigenvalue weighted by Gasteiger charge is 2.90. The summed E-state index contributed by atoms with van der Waals surface area (Å²) in [6.45, 7) is 1.69. The van der Waals surface area contributed by atoms with Crippen molar-refractivity contribution in [1.82, 2.24) is 0 Å². The summed E-state index contributed by atoms with van der Waals surface area (Å²) in [4.78, 5) is 21.4. The van der Waals surface area contributed by atoms with E-state index in [1.165, 1.54) is 0 Å². The van der Waals surface area contributed by atoms with Gasteiger partial charge in [0.2, 0.25) is 0 Å². The van der Waals surface area contributed by atoms with Crippen LogP contribution in [0.25, 0.3) is 0 Å². The average Bonchev–Trinajstić information content (AvgIpc) is 2.57. The first-order valence-electron chi connectivity index (χ1n) is 7.92. The maximum atomic E-state index is 13.9. The summed E-state index contributed by atoms with van der Waals surface area (Å²) in [6, 6.07) is 0. The molecule has 4 nitrogen and oxygen atoms in total. The number of ether oxygens (including phenoxy) is 1. The summed E-state index contributed by atoms with van der Waals surface area (Å²) in [7, 11) is 0. The lowest BCUT2D eigenvalue weighted by atomic mass is 9.89. The minimum atomic E-state index is -8.04. The van der Waals surface area contributed by atoms with Crippen LogP contribution in [0.4, 0.5) is 57.1 Å². The third-order valence-electron chi connectivity index (χ3n) is 3.82. The molecule has 0 aromatic heterocycles. The van der Waals surface area contributed by atoms with Crippen LogP contribution in [0, 0.1) is 5.92 Å². The summed E-state index contributed by atoms with van der Waals surface area (Å²) in [5.41, 5.74) is 0. The average molecular weight is 503 g/mol. The lowest BCUT2D eigenvalue weighted by Gasteiger charge is -2.40.